The van der Waals surface area contributed by atoms with E-state index in [9.17, 15) is 14.0 Å². The molecular weight excluding hydrogens is 333 g/mol. The summed E-state index contributed by atoms with van der Waals surface area (Å²) in [6.07, 6.45) is 2.26. The molecule has 1 heterocycles. The Bertz CT molecular complexity index is 604. The first-order chi connectivity index (χ1) is 12.4. The van der Waals surface area contributed by atoms with E-state index < -0.39 is 0 Å². The first-order valence-corrected chi connectivity index (χ1v) is 9.45. The molecule has 0 bridgehead atoms. The molecule has 0 spiro atoms. The standard InChI is InChI=1S/C20H30FN3O2/c1-4-16-13-24(20(26)23-14(2)3)10-9-17(16)11-19(25)22-12-15-5-7-18(21)8-6-15/h5-8,14,16-17H,4,9-13H2,1-3H3,(H,22,25)(H,23,26). The molecule has 26 heavy (non-hydrogen) atoms. The number of amides is 3. The lowest BCUT2D eigenvalue weighted by atomic mass is 9.81. The van der Waals surface area contributed by atoms with Crippen LogP contribution in [0.1, 0.15) is 45.6 Å². The zero-order chi connectivity index (χ0) is 19.1. The molecule has 2 rings (SSSR count). The summed E-state index contributed by atoms with van der Waals surface area (Å²) in [7, 11) is 0. The van der Waals surface area contributed by atoms with E-state index in [0.29, 0.717) is 32.0 Å². The quantitative estimate of drug-likeness (QED) is 0.815. The van der Waals surface area contributed by atoms with Crippen molar-refractivity contribution in [3.63, 3.8) is 0 Å². The number of nitrogens with zero attached hydrogens (tertiary/aromatic N) is 1. The van der Waals surface area contributed by atoms with Crippen molar-refractivity contribution < 1.29 is 14.0 Å². The Morgan fingerprint density at radius 3 is 2.54 bits per heavy atom. The van der Waals surface area contributed by atoms with E-state index in [0.717, 1.165) is 18.4 Å². The second kappa shape index (κ2) is 9.55. The van der Waals surface area contributed by atoms with Gasteiger partial charge < -0.3 is 15.5 Å². The van der Waals surface area contributed by atoms with Crippen molar-refractivity contribution in [1.82, 2.24) is 15.5 Å². The molecule has 6 heteroatoms. The number of nitrogens with one attached hydrogen (secondary N) is 2. The Morgan fingerprint density at radius 2 is 1.92 bits per heavy atom. The van der Waals surface area contributed by atoms with Crippen LogP contribution in [0.5, 0.6) is 0 Å². The molecule has 1 aliphatic heterocycles. The molecule has 1 aliphatic rings. The fourth-order valence-electron chi connectivity index (χ4n) is 3.45. The lowest BCUT2D eigenvalue weighted by Gasteiger charge is -2.38. The van der Waals surface area contributed by atoms with Gasteiger partial charge in [0, 0.05) is 32.1 Å². The lowest BCUT2D eigenvalue weighted by Crippen LogP contribution is -2.50. The summed E-state index contributed by atoms with van der Waals surface area (Å²) in [6.45, 7) is 7.81. The predicted molar refractivity (Wildman–Crippen MR) is 100.0 cm³/mol. The van der Waals surface area contributed by atoms with Gasteiger partial charge in [-0.25, -0.2) is 9.18 Å². The van der Waals surface area contributed by atoms with Crippen LogP contribution in [-0.2, 0) is 11.3 Å². The Balaban J connectivity index is 1.82. The highest BCUT2D eigenvalue weighted by Crippen LogP contribution is 2.29. The summed E-state index contributed by atoms with van der Waals surface area (Å²) in [5.41, 5.74) is 0.881. The minimum atomic E-state index is -0.279. The van der Waals surface area contributed by atoms with Crippen LogP contribution < -0.4 is 10.6 Å². The van der Waals surface area contributed by atoms with Gasteiger partial charge in [0.15, 0.2) is 0 Å². The molecule has 0 aromatic heterocycles. The maximum atomic E-state index is 12.9. The van der Waals surface area contributed by atoms with Gasteiger partial charge in [0.2, 0.25) is 5.91 Å². The van der Waals surface area contributed by atoms with Crippen LogP contribution in [0.15, 0.2) is 24.3 Å². The first-order valence-electron chi connectivity index (χ1n) is 9.45. The molecule has 0 aliphatic carbocycles. The lowest BCUT2D eigenvalue weighted by molar-refractivity contribution is -0.123. The second-order valence-electron chi connectivity index (χ2n) is 7.37. The van der Waals surface area contributed by atoms with Crippen LogP contribution >= 0.6 is 0 Å². The van der Waals surface area contributed by atoms with Gasteiger partial charge in [-0.1, -0.05) is 25.5 Å². The first kappa shape index (κ1) is 20.2. The molecule has 1 aromatic carbocycles. The number of halogens is 1. The van der Waals surface area contributed by atoms with Crippen LogP contribution in [0.25, 0.3) is 0 Å². The van der Waals surface area contributed by atoms with Gasteiger partial charge in [0.1, 0.15) is 5.82 Å². The van der Waals surface area contributed by atoms with Gasteiger partial charge in [-0.05, 0) is 49.8 Å². The molecule has 0 radical (unpaired) electrons. The summed E-state index contributed by atoms with van der Waals surface area (Å²) >= 11 is 0. The van der Waals surface area contributed by atoms with E-state index in [2.05, 4.69) is 17.6 Å². The number of piperidine rings is 1. The van der Waals surface area contributed by atoms with Crippen LogP contribution in [0.4, 0.5) is 9.18 Å². The summed E-state index contributed by atoms with van der Waals surface area (Å²) < 4.78 is 12.9. The van der Waals surface area contributed by atoms with Crippen molar-refractivity contribution in [3.05, 3.63) is 35.6 Å². The Labute approximate surface area is 155 Å². The van der Waals surface area contributed by atoms with Crippen LogP contribution in [0.2, 0.25) is 0 Å². The van der Waals surface area contributed by atoms with Crippen molar-refractivity contribution in [3.8, 4) is 0 Å². The number of carbonyl (C=O) groups is 2. The largest absolute Gasteiger partial charge is 0.352 e. The Morgan fingerprint density at radius 1 is 1.23 bits per heavy atom. The van der Waals surface area contributed by atoms with Gasteiger partial charge in [0.25, 0.3) is 0 Å². The van der Waals surface area contributed by atoms with E-state index in [1.807, 2.05) is 18.7 Å². The molecule has 3 amide bonds. The maximum absolute atomic E-state index is 12.9. The Hall–Kier alpha value is -2.11. The molecule has 2 atom stereocenters. The van der Waals surface area contributed by atoms with Crippen LogP contribution in [-0.4, -0.2) is 36.0 Å². The zero-order valence-electron chi connectivity index (χ0n) is 15.9. The molecular formula is C20H30FN3O2. The molecule has 0 saturated carbocycles. The van der Waals surface area contributed by atoms with Crippen molar-refractivity contribution in [2.45, 2.75) is 52.6 Å². The number of likely N-dealkylation sites (tertiary alicyclic amines) is 1. The normalized spacial score (nSPS) is 20.1. The second-order valence-corrected chi connectivity index (χ2v) is 7.37. The number of urea groups is 1. The number of rotatable bonds is 6. The number of carbonyl (C=O) groups excluding carboxylic acids is 2. The monoisotopic (exact) mass is 363 g/mol. The highest BCUT2D eigenvalue weighted by Gasteiger charge is 2.31. The van der Waals surface area contributed by atoms with E-state index in [4.69, 9.17) is 0 Å². The van der Waals surface area contributed by atoms with Gasteiger partial charge in [-0.15, -0.1) is 0 Å². The van der Waals surface area contributed by atoms with E-state index in [1.54, 1.807) is 12.1 Å². The minimum absolute atomic E-state index is 0.0119. The van der Waals surface area contributed by atoms with Crippen molar-refractivity contribution >= 4 is 11.9 Å². The minimum Gasteiger partial charge on any atom is -0.352 e. The van der Waals surface area contributed by atoms with Gasteiger partial charge in [0.05, 0.1) is 0 Å². The van der Waals surface area contributed by atoms with Crippen LogP contribution in [0, 0.1) is 17.7 Å². The number of hydrogen-bond acceptors (Lipinski definition) is 2. The van der Waals surface area contributed by atoms with Crippen molar-refractivity contribution in [2.24, 2.45) is 11.8 Å². The SMILES string of the molecule is CCC1CN(C(=O)NC(C)C)CCC1CC(=O)NCc1ccc(F)cc1. The van der Waals surface area contributed by atoms with Crippen molar-refractivity contribution in [2.75, 3.05) is 13.1 Å². The Kier molecular flexibility index (Phi) is 7.42. The zero-order valence-corrected chi connectivity index (χ0v) is 15.9. The topological polar surface area (TPSA) is 61.4 Å². The van der Waals surface area contributed by atoms with E-state index in [-0.39, 0.29) is 29.7 Å². The summed E-state index contributed by atoms with van der Waals surface area (Å²) in [5.74, 6) is 0.353. The average molecular weight is 363 g/mol. The molecule has 1 aromatic rings. The molecule has 1 saturated heterocycles. The molecule has 1 fully saturated rings. The fourth-order valence-corrected chi connectivity index (χ4v) is 3.45. The molecule has 2 unspecified atom stereocenters. The fraction of sp³-hybridized carbons (Fsp3) is 0.600. The third-order valence-electron chi connectivity index (χ3n) is 4.97. The summed E-state index contributed by atoms with van der Waals surface area (Å²) in [4.78, 5) is 26.3. The predicted octanol–water partition coefficient (Wildman–Crippen LogP) is 3.30. The molecule has 2 N–H and O–H groups in total. The van der Waals surface area contributed by atoms with E-state index >= 15 is 0 Å². The van der Waals surface area contributed by atoms with Gasteiger partial charge in [-0.3, -0.25) is 4.79 Å². The van der Waals surface area contributed by atoms with Crippen molar-refractivity contribution in [1.29, 1.82) is 0 Å². The molecule has 144 valence electrons. The average Bonchev–Trinajstić information content (AvgIpc) is 2.61. The molecule has 5 nitrogen and oxygen atoms in total. The number of benzene rings is 1. The van der Waals surface area contributed by atoms with Crippen LogP contribution in [0.3, 0.4) is 0 Å². The highest BCUT2D eigenvalue weighted by molar-refractivity contribution is 5.76. The van der Waals surface area contributed by atoms with Gasteiger partial charge >= 0.3 is 6.03 Å². The third kappa shape index (κ3) is 6.00. The third-order valence-corrected chi connectivity index (χ3v) is 4.97. The number of hydrogen-bond donors (Lipinski definition) is 2. The summed E-state index contributed by atoms with van der Waals surface area (Å²) in [6, 6.07) is 6.25. The summed E-state index contributed by atoms with van der Waals surface area (Å²) in [5, 5.41) is 5.85. The van der Waals surface area contributed by atoms with Gasteiger partial charge in [-0.2, -0.15) is 0 Å². The maximum Gasteiger partial charge on any atom is 0.317 e. The highest BCUT2D eigenvalue weighted by atomic mass is 19.1. The smallest absolute Gasteiger partial charge is 0.317 e. The van der Waals surface area contributed by atoms with E-state index in [1.165, 1.54) is 12.1 Å².